The van der Waals surface area contributed by atoms with Crippen LogP contribution in [0.15, 0.2) is 42.5 Å². The minimum atomic E-state index is -0.960. The van der Waals surface area contributed by atoms with Gasteiger partial charge in [0.05, 0.1) is 0 Å². The Morgan fingerprint density at radius 1 is 1.17 bits per heavy atom. The Morgan fingerprint density at radius 2 is 1.89 bits per heavy atom. The summed E-state index contributed by atoms with van der Waals surface area (Å²) < 4.78 is 13.8. The summed E-state index contributed by atoms with van der Waals surface area (Å²) in [7, 11) is 0. The average molecular weight is 265 g/mol. The number of halogens is 2. The fraction of sp³-hybridized carbons (Fsp3) is 0.200. The van der Waals surface area contributed by atoms with Crippen LogP contribution in [0.2, 0.25) is 5.02 Å². The van der Waals surface area contributed by atoms with E-state index in [-0.39, 0.29) is 5.56 Å². The molecule has 2 rings (SSSR count). The number of hydrogen-bond donors (Lipinski definition) is 1. The van der Waals surface area contributed by atoms with Crippen molar-refractivity contribution in [3.8, 4) is 0 Å². The number of hydrogen-bond acceptors (Lipinski definition) is 1. The van der Waals surface area contributed by atoms with Crippen molar-refractivity contribution < 1.29 is 9.50 Å². The standard InChI is InChI=1S/C15H14ClFO/c1-2-10-5-3-4-6-12(10)15(18)13-8-7-11(16)9-14(13)17/h3-9,15,18H,2H2,1H3. The van der Waals surface area contributed by atoms with Gasteiger partial charge in [0, 0.05) is 10.6 Å². The summed E-state index contributed by atoms with van der Waals surface area (Å²) in [6.07, 6.45) is -0.166. The van der Waals surface area contributed by atoms with E-state index in [1.54, 1.807) is 6.07 Å². The quantitative estimate of drug-likeness (QED) is 0.884. The number of aliphatic hydroxyl groups is 1. The van der Waals surface area contributed by atoms with Gasteiger partial charge in [-0.25, -0.2) is 4.39 Å². The molecule has 0 saturated heterocycles. The van der Waals surface area contributed by atoms with Gasteiger partial charge in [-0.2, -0.15) is 0 Å². The van der Waals surface area contributed by atoms with Gasteiger partial charge in [0.2, 0.25) is 0 Å². The monoisotopic (exact) mass is 264 g/mol. The number of rotatable bonds is 3. The molecule has 1 N–H and O–H groups in total. The highest BCUT2D eigenvalue weighted by atomic mass is 35.5. The van der Waals surface area contributed by atoms with Gasteiger partial charge in [-0.1, -0.05) is 48.9 Å². The molecular formula is C15H14ClFO. The molecule has 2 aromatic rings. The van der Waals surface area contributed by atoms with Gasteiger partial charge in [-0.15, -0.1) is 0 Å². The van der Waals surface area contributed by atoms with Crippen LogP contribution in [0.5, 0.6) is 0 Å². The molecule has 0 saturated carbocycles. The smallest absolute Gasteiger partial charge is 0.130 e. The van der Waals surface area contributed by atoms with Crippen LogP contribution >= 0.6 is 11.6 Å². The Kier molecular flexibility index (Phi) is 4.00. The molecule has 0 amide bonds. The molecule has 1 unspecified atom stereocenters. The van der Waals surface area contributed by atoms with Crippen LogP contribution in [-0.2, 0) is 6.42 Å². The average Bonchev–Trinajstić information content (AvgIpc) is 2.38. The van der Waals surface area contributed by atoms with E-state index >= 15 is 0 Å². The minimum Gasteiger partial charge on any atom is -0.384 e. The van der Waals surface area contributed by atoms with Crippen LogP contribution in [0.1, 0.15) is 29.7 Å². The normalized spacial score (nSPS) is 12.4. The Labute approximate surface area is 111 Å². The first-order valence-corrected chi connectivity index (χ1v) is 6.22. The van der Waals surface area contributed by atoms with Crippen LogP contribution in [-0.4, -0.2) is 5.11 Å². The van der Waals surface area contributed by atoms with E-state index in [0.29, 0.717) is 5.02 Å². The highest BCUT2D eigenvalue weighted by molar-refractivity contribution is 6.30. The predicted molar refractivity (Wildman–Crippen MR) is 71.3 cm³/mol. The summed E-state index contributed by atoms with van der Waals surface area (Å²) in [5.41, 5.74) is 2.00. The maximum atomic E-state index is 13.8. The molecule has 2 aromatic carbocycles. The fourth-order valence-electron chi connectivity index (χ4n) is 2.01. The van der Waals surface area contributed by atoms with Crippen molar-refractivity contribution >= 4 is 11.6 Å². The second-order valence-electron chi connectivity index (χ2n) is 4.12. The second-order valence-corrected chi connectivity index (χ2v) is 4.56. The van der Waals surface area contributed by atoms with E-state index in [4.69, 9.17) is 11.6 Å². The molecule has 0 aromatic heterocycles. The third kappa shape index (κ3) is 2.55. The Balaban J connectivity index is 2.44. The van der Waals surface area contributed by atoms with Gasteiger partial charge in [0.15, 0.2) is 0 Å². The Bertz CT molecular complexity index is 554. The van der Waals surface area contributed by atoms with E-state index in [9.17, 15) is 9.50 Å². The predicted octanol–water partition coefficient (Wildman–Crippen LogP) is 4.12. The summed E-state index contributed by atoms with van der Waals surface area (Å²) in [6, 6.07) is 11.8. The maximum absolute atomic E-state index is 13.8. The lowest BCUT2D eigenvalue weighted by atomic mass is 9.95. The van der Waals surface area contributed by atoms with Crippen LogP contribution in [0.25, 0.3) is 0 Å². The van der Waals surface area contributed by atoms with Crippen molar-refractivity contribution in [1.29, 1.82) is 0 Å². The van der Waals surface area contributed by atoms with Crippen molar-refractivity contribution in [3.05, 3.63) is 70.0 Å². The molecule has 1 atom stereocenters. The molecule has 0 aliphatic carbocycles. The largest absolute Gasteiger partial charge is 0.384 e. The van der Waals surface area contributed by atoms with Crippen LogP contribution in [0.4, 0.5) is 4.39 Å². The molecule has 0 radical (unpaired) electrons. The van der Waals surface area contributed by atoms with Crippen molar-refractivity contribution in [2.75, 3.05) is 0 Å². The van der Waals surface area contributed by atoms with Crippen LogP contribution in [0, 0.1) is 5.82 Å². The summed E-state index contributed by atoms with van der Waals surface area (Å²) in [5, 5.41) is 10.6. The lowest BCUT2D eigenvalue weighted by molar-refractivity contribution is 0.214. The van der Waals surface area contributed by atoms with Gasteiger partial charge < -0.3 is 5.11 Å². The van der Waals surface area contributed by atoms with Gasteiger partial charge in [-0.05, 0) is 29.7 Å². The van der Waals surface area contributed by atoms with E-state index in [0.717, 1.165) is 17.5 Å². The first-order chi connectivity index (χ1) is 8.63. The first kappa shape index (κ1) is 13.1. The minimum absolute atomic E-state index is 0.250. The SMILES string of the molecule is CCc1ccccc1C(O)c1ccc(Cl)cc1F. The molecule has 0 aliphatic rings. The molecule has 0 heterocycles. The number of aliphatic hydroxyl groups excluding tert-OH is 1. The van der Waals surface area contributed by atoms with E-state index in [1.807, 2.05) is 31.2 Å². The van der Waals surface area contributed by atoms with Crippen LogP contribution < -0.4 is 0 Å². The number of aryl methyl sites for hydroxylation is 1. The molecule has 18 heavy (non-hydrogen) atoms. The molecule has 3 heteroatoms. The van der Waals surface area contributed by atoms with Gasteiger partial charge >= 0.3 is 0 Å². The molecule has 0 spiro atoms. The third-order valence-electron chi connectivity index (χ3n) is 2.99. The maximum Gasteiger partial charge on any atom is 0.130 e. The highest BCUT2D eigenvalue weighted by Crippen LogP contribution is 2.28. The Hall–Kier alpha value is -1.38. The molecule has 0 aliphatic heterocycles. The number of benzene rings is 2. The van der Waals surface area contributed by atoms with Crippen molar-refractivity contribution in [3.63, 3.8) is 0 Å². The van der Waals surface area contributed by atoms with E-state index in [2.05, 4.69) is 0 Å². The second kappa shape index (κ2) is 5.51. The lowest BCUT2D eigenvalue weighted by Gasteiger charge is -2.16. The zero-order chi connectivity index (χ0) is 13.1. The molecular weight excluding hydrogens is 251 g/mol. The summed E-state index contributed by atoms with van der Waals surface area (Å²) in [6.45, 7) is 2.00. The summed E-state index contributed by atoms with van der Waals surface area (Å²) in [4.78, 5) is 0. The molecule has 0 bridgehead atoms. The highest BCUT2D eigenvalue weighted by Gasteiger charge is 2.17. The van der Waals surface area contributed by atoms with Crippen LogP contribution in [0.3, 0.4) is 0 Å². The summed E-state index contributed by atoms with van der Waals surface area (Å²) >= 11 is 5.70. The van der Waals surface area contributed by atoms with Gasteiger partial charge in [-0.3, -0.25) is 0 Å². The van der Waals surface area contributed by atoms with Crippen molar-refractivity contribution in [2.24, 2.45) is 0 Å². The topological polar surface area (TPSA) is 20.2 Å². The molecule has 0 fully saturated rings. The first-order valence-electron chi connectivity index (χ1n) is 5.84. The molecule has 1 nitrogen and oxygen atoms in total. The van der Waals surface area contributed by atoms with Gasteiger partial charge in [0.1, 0.15) is 11.9 Å². The van der Waals surface area contributed by atoms with E-state index < -0.39 is 11.9 Å². The fourth-order valence-corrected chi connectivity index (χ4v) is 2.17. The van der Waals surface area contributed by atoms with E-state index in [1.165, 1.54) is 12.1 Å². The van der Waals surface area contributed by atoms with Crippen molar-refractivity contribution in [2.45, 2.75) is 19.4 Å². The zero-order valence-electron chi connectivity index (χ0n) is 10.0. The van der Waals surface area contributed by atoms with Crippen molar-refractivity contribution in [1.82, 2.24) is 0 Å². The molecule has 94 valence electrons. The summed E-state index contributed by atoms with van der Waals surface area (Å²) in [5.74, 6) is -0.485. The van der Waals surface area contributed by atoms with Gasteiger partial charge in [0.25, 0.3) is 0 Å². The lowest BCUT2D eigenvalue weighted by Crippen LogP contribution is -2.05. The third-order valence-corrected chi connectivity index (χ3v) is 3.22. The Morgan fingerprint density at radius 3 is 2.56 bits per heavy atom. The zero-order valence-corrected chi connectivity index (χ0v) is 10.8.